The van der Waals surface area contributed by atoms with Gasteiger partial charge in [0.2, 0.25) is 5.91 Å². The molecule has 0 aliphatic heterocycles. The molecule has 106 valence electrons. The lowest BCUT2D eigenvalue weighted by atomic mass is 10.1. The second kappa shape index (κ2) is 7.46. The number of hydrogen-bond donors (Lipinski definition) is 1. The Kier molecular flexibility index (Phi) is 6.25. The summed E-state index contributed by atoms with van der Waals surface area (Å²) in [4.78, 5) is 11.8. The van der Waals surface area contributed by atoms with E-state index in [1.165, 1.54) is 14.2 Å². The van der Waals surface area contributed by atoms with Crippen molar-refractivity contribution in [3.63, 3.8) is 0 Å². The van der Waals surface area contributed by atoms with Gasteiger partial charge < -0.3 is 14.8 Å². The first-order valence-electron chi connectivity index (χ1n) is 5.88. The zero-order valence-corrected chi connectivity index (χ0v) is 12.6. The van der Waals surface area contributed by atoms with E-state index in [0.717, 1.165) is 6.42 Å². The van der Waals surface area contributed by atoms with E-state index in [1.54, 1.807) is 12.1 Å². The van der Waals surface area contributed by atoms with Crippen LogP contribution in [-0.4, -0.2) is 26.7 Å². The standard InChI is InChI=1S/C13H17Cl2NO3/c1-4-7-16-13(17)11(15)8-5-6-9(18-2)12(19-3)10(8)14/h5-6,11H,4,7H2,1-3H3,(H,16,17). The van der Waals surface area contributed by atoms with Gasteiger partial charge in [-0.2, -0.15) is 0 Å². The first-order valence-corrected chi connectivity index (χ1v) is 6.70. The van der Waals surface area contributed by atoms with Gasteiger partial charge in [0, 0.05) is 12.1 Å². The third kappa shape index (κ3) is 3.67. The molecule has 1 rings (SSSR count). The molecular formula is C13H17Cl2NO3. The summed E-state index contributed by atoms with van der Waals surface area (Å²) in [5.41, 5.74) is 0.495. The minimum atomic E-state index is -0.862. The van der Waals surface area contributed by atoms with Crippen LogP contribution in [0.4, 0.5) is 0 Å². The van der Waals surface area contributed by atoms with E-state index in [9.17, 15) is 4.79 Å². The van der Waals surface area contributed by atoms with Crippen LogP contribution in [0.3, 0.4) is 0 Å². The second-order valence-electron chi connectivity index (χ2n) is 3.86. The van der Waals surface area contributed by atoms with E-state index in [4.69, 9.17) is 32.7 Å². The van der Waals surface area contributed by atoms with Crippen molar-refractivity contribution in [1.29, 1.82) is 0 Å². The highest BCUT2D eigenvalue weighted by atomic mass is 35.5. The number of amides is 1. The maximum atomic E-state index is 11.8. The minimum absolute atomic E-state index is 0.280. The van der Waals surface area contributed by atoms with Gasteiger partial charge in [0.25, 0.3) is 0 Å². The largest absolute Gasteiger partial charge is 0.493 e. The third-order valence-corrected chi connectivity index (χ3v) is 3.39. The van der Waals surface area contributed by atoms with Gasteiger partial charge in [-0.1, -0.05) is 24.6 Å². The molecule has 0 aliphatic rings. The number of rotatable bonds is 6. The number of hydrogen-bond acceptors (Lipinski definition) is 3. The molecule has 19 heavy (non-hydrogen) atoms. The quantitative estimate of drug-likeness (QED) is 0.821. The molecule has 0 bridgehead atoms. The van der Waals surface area contributed by atoms with E-state index in [-0.39, 0.29) is 10.9 Å². The molecule has 1 amide bonds. The lowest BCUT2D eigenvalue weighted by molar-refractivity contribution is -0.120. The highest BCUT2D eigenvalue weighted by Gasteiger charge is 2.23. The van der Waals surface area contributed by atoms with Gasteiger partial charge in [-0.25, -0.2) is 0 Å². The maximum Gasteiger partial charge on any atom is 0.242 e. The van der Waals surface area contributed by atoms with Crippen molar-refractivity contribution in [2.24, 2.45) is 0 Å². The Hall–Kier alpha value is -1.13. The third-order valence-electron chi connectivity index (χ3n) is 2.57. The van der Waals surface area contributed by atoms with Crippen LogP contribution in [0.5, 0.6) is 11.5 Å². The van der Waals surface area contributed by atoms with Crippen LogP contribution in [0.1, 0.15) is 24.3 Å². The summed E-state index contributed by atoms with van der Waals surface area (Å²) in [6, 6.07) is 3.33. The second-order valence-corrected chi connectivity index (χ2v) is 4.67. The molecule has 1 aromatic rings. The monoisotopic (exact) mass is 305 g/mol. The highest BCUT2D eigenvalue weighted by molar-refractivity contribution is 6.37. The molecular weight excluding hydrogens is 289 g/mol. The highest BCUT2D eigenvalue weighted by Crippen LogP contribution is 2.41. The Morgan fingerprint density at radius 3 is 2.58 bits per heavy atom. The van der Waals surface area contributed by atoms with Crippen molar-refractivity contribution in [3.8, 4) is 11.5 Å². The number of halogens is 2. The zero-order valence-electron chi connectivity index (χ0n) is 11.1. The average molecular weight is 306 g/mol. The first-order chi connectivity index (χ1) is 9.06. The molecule has 0 heterocycles. The number of alkyl halides is 1. The van der Waals surface area contributed by atoms with E-state index in [0.29, 0.717) is 23.6 Å². The Morgan fingerprint density at radius 1 is 1.37 bits per heavy atom. The van der Waals surface area contributed by atoms with Crippen molar-refractivity contribution in [3.05, 3.63) is 22.7 Å². The molecule has 0 spiro atoms. The summed E-state index contributed by atoms with van der Waals surface area (Å²) in [5.74, 6) is 0.585. The molecule has 6 heteroatoms. The summed E-state index contributed by atoms with van der Waals surface area (Å²) in [5, 5.41) is 2.15. The van der Waals surface area contributed by atoms with Crippen LogP contribution in [0.15, 0.2) is 12.1 Å². The first kappa shape index (κ1) is 15.9. The zero-order chi connectivity index (χ0) is 14.4. The minimum Gasteiger partial charge on any atom is -0.493 e. The molecule has 1 atom stereocenters. The molecule has 0 saturated carbocycles. The van der Waals surface area contributed by atoms with E-state index >= 15 is 0 Å². The number of carbonyl (C=O) groups is 1. The number of ether oxygens (including phenoxy) is 2. The van der Waals surface area contributed by atoms with Gasteiger partial charge >= 0.3 is 0 Å². The Morgan fingerprint density at radius 2 is 2.05 bits per heavy atom. The predicted molar refractivity (Wildman–Crippen MR) is 76.5 cm³/mol. The fourth-order valence-corrected chi connectivity index (χ4v) is 2.24. The summed E-state index contributed by atoms with van der Waals surface area (Å²) >= 11 is 12.3. The maximum absolute atomic E-state index is 11.8. The van der Waals surface area contributed by atoms with Crippen LogP contribution in [0.2, 0.25) is 5.02 Å². The summed E-state index contributed by atoms with van der Waals surface area (Å²) < 4.78 is 10.3. The molecule has 0 aliphatic carbocycles. The Bertz CT molecular complexity index is 452. The Balaban J connectivity index is 3.04. The van der Waals surface area contributed by atoms with Crippen molar-refractivity contribution in [1.82, 2.24) is 5.32 Å². The van der Waals surface area contributed by atoms with Gasteiger partial charge in [-0.3, -0.25) is 4.79 Å². The molecule has 0 fully saturated rings. The lowest BCUT2D eigenvalue weighted by Gasteiger charge is -2.16. The summed E-state index contributed by atoms with van der Waals surface area (Å²) in [6.45, 7) is 2.54. The van der Waals surface area contributed by atoms with Crippen LogP contribution in [-0.2, 0) is 4.79 Å². The van der Waals surface area contributed by atoms with Gasteiger partial charge in [0.1, 0.15) is 5.38 Å². The van der Waals surface area contributed by atoms with Crippen LogP contribution in [0.25, 0.3) is 0 Å². The van der Waals surface area contributed by atoms with Crippen LogP contribution in [0, 0.1) is 0 Å². The predicted octanol–water partition coefficient (Wildman–Crippen LogP) is 3.16. The van der Waals surface area contributed by atoms with E-state index in [2.05, 4.69) is 5.32 Å². The number of nitrogens with one attached hydrogen (secondary N) is 1. The smallest absolute Gasteiger partial charge is 0.242 e. The fourth-order valence-electron chi connectivity index (χ4n) is 1.58. The van der Waals surface area contributed by atoms with Crippen molar-refractivity contribution in [2.75, 3.05) is 20.8 Å². The molecule has 0 saturated heterocycles. The number of benzene rings is 1. The van der Waals surface area contributed by atoms with Crippen LogP contribution < -0.4 is 14.8 Å². The number of methoxy groups -OCH3 is 2. The average Bonchev–Trinajstić information content (AvgIpc) is 2.43. The van der Waals surface area contributed by atoms with Crippen molar-refractivity contribution >= 4 is 29.1 Å². The van der Waals surface area contributed by atoms with Gasteiger partial charge in [0.05, 0.1) is 19.2 Å². The molecule has 1 N–H and O–H groups in total. The Labute approximate surface area is 123 Å². The molecule has 0 aromatic heterocycles. The topological polar surface area (TPSA) is 47.6 Å². The summed E-state index contributed by atoms with van der Waals surface area (Å²) in [7, 11) is 2.99. The van der Waals surface area contributed by atoms with E-state index < -0.39 is 5.38 Å². The molecule has 1 aromatic carbocycles. The molecule has 4 nitrogen and oxygen atoms in total. The van der Waals surface area contributed by atoms with Gasteiger partial charge in [0.15, 0.2) is 11.5 Å². The van der Waals surface area contributed by atoms with Crippen molar-refractivity contribution < 1.29 is 14.3 Å². The van der Waals surface area contributed by atoms with Crippen LogP contribution >= 0.6 is 23.2 Å². The van der Waals surface area contributed by atoms with Gasteiger partial charge in [-0.05, 0) is 12.5 Å². The molecule has 0 radical (unpaired) electrons. The normalized spacial score (nSPS) is 11.8. The lowest BCUT2D eigenvalue weighted by Crippen LogP contribution is -2.27. The molecule has 1 unspecified atom stereocenters. The number of carbonyl (C=O) groups excluding carboxylic acids is 1. The van der Waals surface area contributed by atoms with E-state index in [1.807, 2.05) is 6.92 Å². The SMILES string of the molecule is CCCNC(=O)C(Cl)c1ccc(OC)c(OC)c1Cl. The van der Waals surface area contributed by atoms with Gasteiger partial charge in [-0.15, -0.1) is 11.6 Å². The fraction of sp³-hybridized carbons (Fsp3) is 0.462. The van der Waals surface area contributed by atoms with Crippen molar-refractivity contribution in [2.45, 2.75) is 18.7 Å². The summed E-state index contributed by atoms with van der Waals surface area (Å²) in [6.07, 6.45) is 0.842.